The summed E-state index contributed by atoms with van der Waals surface area (Å²) in [5, 5.41) is 0. The minimum absolute atomic E-state index is 0.137. The summed E-state index contributed by atoms with van der Waals surface area (Å²) in [6.07, 6.45) is 0. The Bertz CT molecular complexity index is 615. The Hall–Kier alpha value is -1.87. The second-order valence-electron chi connectivity index (χ2n) is 4.54. The highest BCUT2D eigenvalue weighted by atomic mass is 35.5. The standard InChI is InChI=1S/C16H15ClFNO/c1-12-5-4-7-14(9-12)19(16(20)10-17)11-13-6-2-3-8-15(13)18/h2-9H,10-11H2,1H3. The molecule has 1 amide bonds. The quantitative estimate of drug-likeness (QED) is 0.782. The predicted octanol–water partition coefficient (Wildman–Crippen LogP) is 3.91. The van der Waals surface area contributed by atoms with Gasteiger partial charge in [-0.05, 0) is 30.7 Å². The van der Waals surface area contributed by atoms with Gasteiger partial charge in [0.25, 0.3) is 0 Å². The highest BCUT2D eigenvalue weighted by Crippen LogP contribution is 2.20. The summed E-state index contributed by atoms with van der Waals surface area (Å²) in [5.41, 5.74) is 2.22. The van der Waals surface area contributed by atoms with E-state index in [0.717, 1.165) is 11.3 Å². The van der Waals surface area contributed by atoms with Crippen LogP contribution in [0.15, 0.2) is 48.5 Å². The molecule has 0 saturated carbocycles. The molecule has 0 unspecified atom stereocenters. The Morgan fingerprint density at radius 2 is 1.95 bits per heavy atom. The zero-order valence-electron chi connectivity index (χ0n) is 11.1. The second-order valence-corrected chi connectivity index (χ2v) is 4.81. The summed E-state index contributed by atoms with van der Waals surface area (Å²) >= 11 is 5.66. The minimum atomic E-state index is -0.326. The summed E-state index contributed by atoms with van der Waals surface area (Å²) in [5.74, 6) is -0.712. The molecular formula is C16H15ClFNO. The van der Waals surface area contributed by atoms with Gasteiger partial charge in [-0.3, -0.25) is 4.79 Å². The average molecular weight is 292 g/mol. The lowest BCUT2D eigenvalue weighted by atomic mass is 10.1. The van der Waals surface area contributed by atoms with E-state index in [9.17, 15) is 9.18 Å². The first-order valence-corrected chi connectivity index (χ1v) is 6.81. The highest BCUT2D eigenvalue weighted by molar-refractivity contribution is 6.29. The van der Waals surface area contributed by atoms with E-state index in [-0.39, 0.29) is 24.1 Å². The maximum absolute atomic E-state index is 13.7. The molecule has 2 rings (SSSR count). The van der Waals surface area contributed by atoms with Crippen molar-refractivity contribution in [2.24, 2.45) is 0 Å². The summed E-state index contributed by atoms with van der Waals surface area (Å²) in [6, 6.07) is 13.9. The van der Waals surface area contributed by atoms with Crippen LogP contribution in [0.4, 0.5) is 10.1 Å². The molecule has 2 aromatic rings. The van der Waals surface area contributed by atoms with Crippen LogP contribution in [0.2, 0.25) is 0 Å². The van der Waals surface area contributed by atoms with Crippen LogP contribution in [0, 0.1) is 12.7 Å². The van der Waals surface area contributed by atoms with Crippen molar-refractivity contribution < 1.29 is 9.18 Å². The maximum atomic E-state index is 13.7. The van der Waals surface area contributed by atoms with Crippen molar-refractivity contribution in [1.82, 2.24) is 0 Å². The first kappa shape index (κ1) is 14.5. The number of amides is 1. The lowest BCUT2D eigenvalue weighted by molar-refractivity contribution is -0.116. The van der Waals surface area contributed by atoms with Crippen LogP contribution in [0.3, 0.4) is 0 Å². The van der Waals surface area contributed by atoms with Crippen LogP contribution in [0.1, 0.15) is 11.1 Å². The van der Waals surface area contributed by atoms with Gasteiger partial charge in [-0.15, -0.1) is 11.6 Å². The van der Waals surface area contributed by atoms with E-state index in [1.165, 1.54) is 11.0 Å². The maximum Gasteiger partial charge on any atom is 0.242 e. The third-order valence-electron chi connectivity index (χ3n) is 3.01. The molecule has 104 valence electrons. The fourth-order valence-electron chi connectivity index (χ4n) is 1.99. The van der Waals surface area contributed by atoms with Crippen molar-refractivity contribution in [1.29, 1.82) is 0 Å². The Kier molecular flexibility index (Phi) is 4.74. The van der Waals surface area contributed by atoms with Crippen molar-refractivity contribution in [3.8, 4) is 0 Å². The number of halogens is 2. The number of aryl methyl sites for hydroxylation is 1. The van der Waals surface area contributed by atoms with Gasteiger partial charge in [0.05, 0.1) is 6.54 Å². The first-order valence-electron chi connectivity index (χ1n) is 6.28. The predicted molar refractivity (Wildman–Crippen MR) is 79.5 cm³/mol. The number of nitrogens with zero attached hydrogens (tertiary/aromatic N) is 1. The molecule has 2 aromatic carbocycles. The highest BCUT2D eigenvalue weighted by Gasteiger charge is 2.16. The molecule has 0 aliphatic carbocycles. The fourth-order valence-corrected chi connectivity index (χ4v) is 2.13. The molecule has 0 aromatic heterocycles. The number of benzene rings is 2. The van der Waals surface area contributed by atoms with E-state index in [1.807, 2.05) is 31.2 Å². The van der Waals surface area contributed by atoms with E-state index >= 15 is 0 Å². The number of carbonyl (C=O) groups is 1. The molecule has 2 nitrogen and oxygen atoms in total. The van der Waals surface area contributed by atoms with E-state index in [0.29, 0.717) is 5.56 Å². The van der Waals surface area contributed by atoms with E-state index < -0.39 is 0 Å². The summed E-state index contributed by atoms with van der Waals surface area (Å²) in [6.45, 7) is 2.11. The first-order chi connectivity index (χ1) is 9.61. The summed E-state index contributed by atoms with van der Waals surface area (Å²) in [7, 11) is 0. The Morgan fingerprint density at radius 3 is 2.60 bits per heavy atom. The molecule has 20 heavy (non-hydrogen) atoms. The van der Waals surface area contributed by atoms with Crippen molar-refractivity contribution >= 4 is 23.2 Å². The van der Waals surface area contributed by atoms with Gasteiger partial charge in [-0.25, -0.2) is 4.39 Å². The van der Waals surface area contributed by atoms with Crippen LogP contribution >= 0.6 is 11.6 Å². The molecule has 0 saturated heterocycles. The van der Waals surface area contributed by atoms with Crippen molar-refractivity contribution in [2.45, 2.75) is 13.5 Å². The van der Waals surface area contributed by atoms with Gasteiger partial charge in [-0.2, -0.15) is 0 Å². The molecule has 0 N–H and O–H groups in total. The number of anilines is 1. The molecule has 0 bridgehead atoms. The second kappa shape index (κ2) is 6.53. The summed E-state index contributed by atoms with van der Waals surface area (Å²) < 4.78 is 13.7. The lowest BCUT2D eigenvalue weighted by Crippen LogP contribution is -2.31. The van der Waals surface area contributed by atoms with Crippen molar-refractivity contribution in [2.75, 3.05) is 10.8 Å². The topological polar surface area (TPSA) is 20.3 Å². The third-order valence-corrected chi connectivity index (χ3v) is 3.24. The van der Waals surface area contributed by atoms with Gasteiger partial charge in [-0.1, -0.05) is 30.3 Å². The molecular weight excluding hydrogens is 277 g/mol. The molecule has 0 atom stereocenters. The molecule has 0 aliphatic heterocycles. The van der Waals surface area contributed by atoms with Gasteiger partial charge in [0.1, 0.15) is 11.7 Å². The van der Waals surface area contributed by atoms with Gasteiger partial charge in [0.2, 0.25) is 5.91 Å². The van der Waals surface area contributed by atoms with Crippen LogP contribution in [-0.2, 0) is 11.3 Å². The van der Waals surface area contributed by atoms with Crippen LogP contribution in [0.5, 0.6) is 0 Å². The monoisotopic (exact) mass is 291 g/mol. The van der Waals surface area contributed by atoms with E-state index in [4.69, 9.17) is 11.6 Å². The minimum Gasteiger partial charge on any atom is -0.307 e. The average Bonchev–Trinajstić information content (AvgIpc) is 2.45. The molecule has 0 spiro atoms. The Morgan fingerprint density at radius 1 is 1.20 bits per heavy atom. The number of rotatable bonds is 4. The van der Waals surface area contributed by atoms with Gasteiger partial charge >= 0.3 is 0 Å². The molecule has 0 heterocycles. The zero-order valence-corrected chi connectivity index (χ0v) is 11.9. The van der Waals surface area contributed by atoms with Gasteiger partial charge < -0.3 is 4.90 Å². The van der Waals surface area contributed by atoms with Crippen LogP contribution < -0.4 is 4.90 Å². The number of hydrogen-bond donors (Lipinski definition) is 0. The number of hydrogen-bond acceptors (Lipinski definition) is 1. The number of alkyl halides is 1. The SMILES string of the molecule is Cc1cccc(N(Cc2ccccc2F)C(=O)CCl)c1. The molecule has 0 radical (unpaired) electrons. The largest absolute Gasteiger partial charge is 0.307 e. The Balaban J connectivity index is 2.34. The molecule has 0 aliphatic rings. The lowest BCUT2D eigenvalue weighted by Gasteiger charge is -2.22. The zero-order chi connectivity index (χ0) is 14.5. The molecule has 0 fully saturated rings. The van der Waals surface area contributed by atoms with Crippen molar-refractivity contribution in [3.05, 3.63) is 65.5 Å². The third kappa shape index (κ3) is 3.36. The van der Waals surface area contributed by atoms with E-state index in [1.54, 1.807) is 18.2 Å². The van der Waals surface area contributed by atoms with Gasteiger partial charge in [0.15, 0.2) is 0 Å². The molecule has 4 heteroatoms. The number of carbonyl (C=O) groups excluding carboxylic acids is 1. The normalized spacial score (nSPS) is 10.3. The fraction of sp³-hybridized carbons (Fsp3) is 0.188. The van der Waals surface area contributed by atoms with Crippen LogP contribution in [0.25, 0.3) is 0 Å². The van der Waals surface area contributed by atoms with Crippen molar-refractivity contribution in [3.63, 3.8) is 0 Å². The summed E-state index contributed by atoms with van der Waals surface area (Å²) in [4.78, 5) is 13.5. The van der Waals surface area contributed by atoms with Gasteiger partial charge in [0, 0.05) is 11.3 Å². The van der Waals surface area contributed by atoms with Crippen LogP contribution in [-0.4, -0.2) is 11.8 Å². The van der Waals surface area contributed by atoms with E-state index in [2.05, 4.69) is 0 Å². The Labute approximate surface area is 122 Å². The smallest absolute Gasteiger partial charge is 0.242 e.